The molecular weight excluding hydrogens is 511 g/mol. The van der Waals surface area contributed by atoms with E-state index in [4.69, 9.17) is 0 Å². The highest BCUT2D eigenvalue weighted by atomic mass is 127. The Morgan fingerprint density at radius 3 is 1.64 bits per heavy atom. The van der Waals surface area contributed by atoms with E-state index in [1.807, 2.05) is 0 Å². The van der Waals surface area contributed by atoms with Crippen molar-refractivity contribution in [2.75, 3.05) is 0 Å². The van der Waals surface area contributed by atoms with Crippen LogP contribution in [-0.4, -0.2) is 0 Å². The van der Waals surface area contributed by atoms with E-state index in [2.05, 4.69) is 138 Å². The molecular formula is C32H21I. The molecule has 2 aliphatic carbocycles. The van der Waals surface area contributed by atoms with Gasteiger partial charge in [-0.05, 0) is 79.1 Å². The zero-order valence-electron chi connectivity index (χ0n) is 18.1. The van der Waals surface area contributed by atoms with Gasteiger partial charge in [-0.1, -0.05) is 115 Å². The molecule has 0 heterocycles. The quantitative estimate of drug-likeness (QED) is 0.197. The summed E-state index contributed by atoms with van der Waals surface area (Å²) in [5.74, 6) is 0. The van der Waals surface area contributed by atoms with Gasteiger partial charge in [0.25, 0.3) is 0 Å². The van der Waals surface area contributed by atoms with Crippen LogP contribution in [0.3, 0.4) is 0 Å². The van der Waals surface area contributed by atoms with Crippen molar-refractivity contribution in [2.45, 2.75) is 11.8 Å². The number of benzene rings is 5. The van der Waals surface area contributed by atoms with Crippen molar-refractivity contribution in [1.29, 1.82) is 0 Å². The normalized spacial score (nSPS) is 14.0. The van der Waals surface area contributed by atoms with Crippen LogP contribution in [0.2, 0.25) is 0 Å². The molecule has 1 spiro atoms. The van der Waals surface area contributed by atoms with Crippen LogP contribution in [0.4, 0.5) is 0 Å². The second-order valence-corrected chi connectivity index (χ2v) is 10.1. The van der Waals surface area contributed by atoms with E-state index < -0.39 is 0 Å². The molecule has 5 aromatic carbocycles. The molecule has 0 unspecified atom stereocenters. The molecule has 0 saturated carbocycles. The predicted octanol–water partition coefficient (Wildman–Crippen LogP) is 8.23. The van der Waals surface area contributed by atoms with E-state index in [9.17, 15) is 0 Å². The Morgan fingerprint density at radius 1 is 0.485 bits per heavy atom. The molecule has 0 atom stereocenters. The lowest BCUT2D eigenvalue weighted by Crippen LogP contribution is -2.25. The van der Waals surface area contributed by atoms with Crippen LogP contribution >= 0.6 is 22.6 Å². The largest absolute Gasteiger partial charge is 0.0725 e. The summed E-state index contributed by atoms with van der Waals surface area (Å²) in [5.41, 5.74) is 13.6. The molecule has 156 valence electrons. The molecule has 0 N–H and O–H groups in total. The van der Waals surface area contributed by atoms with Crippen LogP contribution in [0, 0.1) is 3.57 Å². The number of fused-ring (bicyclic) bond motifs is 10. The summed E-state index contributed by atoms with van der Waals surface area (Å²) in [5, 5.41) is 0. The van der Waals surface area contributed by atoms with Crippen molar-refractivity contribution in [2.24, 2.45) is 0 Å². The predicted molar refractivity (Wildman–Crippen MR) is 145 cm³/mol. The van der Waals surface area contributed by atoms with Gasteiger partial charge in [-0.3, -0.25) is 0 Å². The van der Waals surface area contributed by atoms with Crippen molar-refractivity contribution >= 4 is 22.6 Å². The minimum Gasteiger partial charge on any atom is -0.0622 e. The lowest BCUT2D eigenvalue weighted by Gasteiger charge is -2.30. The maximum Gasteiger partial charge on any atom is 0.0725 e. The van der Waals surface area contributed by atoms with Gasteiger partial charge in [0.2, 0.25) is 0 Å². The Labute approximate surface area is 208 Å². The van der Waals surface area contributed by atoms with E-state index in [1.54, 1.807) is 0 Å². The average Bonchev–Trinajstić information content (AvgIpc) is 3.34. The number of hydrogen-bond acceptors (Lipinski definition) is 0. The first kappa shape index (κ1) is 19.3. The van der Waals surface area contributed by atoms with E-state index >= 15 is 0 Å². The molecule has 0 aliphatic heterocycles. The highest BCUT2D eigenvalue weighted by molar-refractivity contribution is 14.1. The molecule has 0 saturated heterocycles. The highest BCUT2D eigenvalue weighted by Crippen LogP contribution is 2.63. The Hall–Kier alpha value is -3.17. The van der Waals surface area contributed by atoms with Crippen molar-refractivity contribution in [3.8, 4) is 22.3 Å². The molecule has 0 radical (unpaired) electrons. The minimum absolute atomic E-state index is 0.246. The van der Waals surface area contributed by atoms with Gasteiger partial charge in [-0.2, -0.15) is 0 Å². The Balaban J connectivity index is 1.56. The van der Waals surface area contributed by atoms with E-state index in [0.717, 1.165) is 6.42 Å². The smallest absolute Gasteiger partial charge is 0.0622 e. The highest BCUT2D eigenvalue weighted by Gasteiger charge is 2.51. The van der Waals surface area contributed by atoms with Gasteiger partial charge >= 0.3 is 0 Å². The van der Waals surface area contributed by atoms with Crippen LogP contribution in [0.5, 0.6) is 0 Å². The summed E-state index contributed by atoms with van der Waals surface area (Å²) in [7, 11) is 0. The number of rotatable bonds is 2. The van der Waals surface area contributed by atoms with Gasteiger partial charge in [-0.25, -0.2) is 0 Å². The van der Waals surface area contributed by atoms with Crippen molar-refractivity contribution < 1.29 is 0 Å². The van der Waals surface area contributed by atoms with Crippen molar-refractivity contribution in [3.63, 3.8) is 0 Å². The van der Waals surface area contributed by atoms with Crippen LogP contribution in [0.1, 0.15) is 33.4 Å². The van der Waals surface area contributed by atoms with Crippen molar-refractivity contribution in [3.05, 3.63) is 152 Å². The van der Waals surface area contributed by atoms with Gasteiger partial charge < -0.3 is 0 Å². The van der Waals surface area contributed by atoms with E-state index in [0.29, 0.717) is 0 Å². The molecule has 7 rings (SSSR count). The Morgan fingerprint density at radius 2 is 1.00 bits per heavy atom. The topological polar surface area (TPSA) is 0 Å². The van der Waals surface area contributed by atoms with Crippen LogP contribution in [0.25, 0.3) is 22.3 Å². The molecule has 5 aromatic rings. The zero-order chi connectivity index (χ0) is 22.0. The third kappa shape index (κ3) is 2.52. The summed E-state index contributed by atoms with van der Waals surface area (Å²) < 4.78 is 1.38. The second-order valence-electron chi connectivity index (χ2n) is 9.01. The third-order valence-corrected chi connectivity index (χ3v) is 8.65. The Kier molecular flexibility index (Phi) is 4.19. The Bertz CT molecular complexity index is 1500. The maximum absolute atomic E-state index is 2.60. The summed E-state index contributed by atoms with van der Waals surface area (Å²) >= 11 is 2.60. The number of hydrogen-bond donors (Lipinski definition) is 0. The number of halogens is 1. The molecule has 0 amide bonds. The molecule has 2 aliphatic rings. The summed E-state index contributed by atoms with van der Waals surface area (Å²) in [6.45, 7) is 0. The fourth-order valence-corrected chi connectivity index (χ4v) is 7.09. The zero-order valence-corrected chi connectivity index (χ0v) is 20.2. The summed E-state index contributed by atoms with van der Waals surface area (Å²) in [6, 6.07) is 42.6. The van der Waals surface area contributed by atoms with Gasteiger partial charge in [0, 0.05) is 9.13 Å². The average molecular weight is 532 g/mol. The molecule has 0 nitrogen and oxygen atoms in total. The van der Waals surface area contributed by atoms with Crippen LogP contribution in [0.15, 0.2) is 115 Å². The van der Waals surface area contributed by atoms with Gasteiger partial charge in [0.05, 0.1) is 5.41 Å². The van der Waals surface area contributed by atoms with Crippen LogP contribution < -0.4 is 0 Å². The molecule has 1 heteroatoms. The standard InChI is InChI=1S/C32H21I/c33-31-22(20-21-10-2-1-3-11-21)18-19-29-30(31)25-14-6-9-17-28(25)32(29)26-15-7-4-12-23(26)24-13-5-8-16-27(24)32/h1-19H,20H2. The maximum atomic E-state index is 2.60. The molecule has 0 fully saturated rings. The van der Waals surface area contributed by atoms with Crippen molar-refractivity contribution in [1.82, 2.24) is 0 Å². The third-order valence-electron chi connectivity index (χ3n) is 7.42. The first-order valence-electron chi connectivity index (χ1n) is 11.4. The van der Waals surface area contributed by atoms with E-state index in [-0.39, 0.29) is 5.41 Å². The van der Waals surface area contributed by atoms with Crippen LogP contribution in [-0.2, 0) is 11.8 Å². The first-order chi connectivity index (χ1) is 16.3. The molecule has 33 heavy (non-hydrogen) atoms. The van der Waals surface area contributed by atoms with E-state index in [1.165, 1.54) is 59.2 Å². The SMILES string of the molecule is Ic1c(Cc2ccccc2)ccc2c1-c1ccccc1C21c2ccccc2-c2ccccc21. The minimum atomic E-state index is -0.246. The van der Waals surface area contributed by atoms with Gasteiger partial charge in [-0.15, -0.1) is 0 Å². The fourth-order valence-electron chi connectivity index (χ4n) is 6.14. The fraction of sp³-hybridized carbons (Fsp3) is 0.0625. The lowest BCUT2D eigenvalue weighted by atomic mass is 9.70. The van der Waals surface area contributed by atoms with Gasteiger partial charge in [0.15, 0.2) is 0 Å². The second kappa shape index (κ2) is 7.16. The first-order valence-corrected chi connectivity index (χ1v) is 12.5. The molecule has 0 aromatic heterocycles. The monoisotopic (exact) mass is 532 g/mol. The lowest BCUT2D eigenvalue weighted by molar-refractivity contribution is 0.793. The molecule has 0 bridgehead atoms. The summed E-state index contributed by atoms with van der Waals surface area (Å²) in [6.07, 6.45) is 0.953. The summed E-state index contributed by atoms with van der Waals surface area (Å²) in [4.78, 5) is 0. The van der Waals surface area contributed by atoms with Gasteiger partial charge in [0.1, 0.15) is 0 Å².